The highest BCUT2D eigenvalue weighted by molar-refractivity contribution is 5.44. The van der Waals surface area contributed by atoms with Crippen molar-refractivity contribution in [1.29, 1.82) is 0 Å². The fraction of sp³-hybridized carbons (Fsp3) is 0.556. The molecular formula is C27H34F3NO2. The van der Waals surface area contributed by atoms with Crippen molar-refractivity contribution in [3.05, 3.63) is 59.7 Å². The van der Waals surface area contributed by atoms with Crippen LogP contribution < -0.4 is 9.47 Å². The number of nitrogens with zero attached hydrogens (tertiary/aromatic N) is 1. The van der Waals surface area contributed by atoms with E-state index >= 15 is 0 Å². The second-order valence-electron chi connectivity index (χ2n) is 10.0. The van der Waals surface area contributed by atoms with Gasteiger partial charge in [-0.15, -0.1) is 0 Å². The maximum absolute atomic E-state index is 13.3. The van der Waals surface area contributed by atoms with Gasteiger partial charge in [0.1, 0.15) is 6.10 Å². The Hall–Kier alpha value is -2.21. The summed E-state index contributed by atoms with van der Waals surface area (Å²) in [7, 11) is 0. The number of rotatable bonds is 7. The second kappa shape index (κ2) is 9.96. The number of fused-ring (bicyclic) bond motifs is 2. The molecule has 2 aromatic carbocycles. The van der Waals surface area contributed by atoms with Crippen molar-refractivity contribution < 1.29 is 22.6 Å². The highest BCUT2D eigenvalue weighted by atomic mass is 19.4. The largest absolute Gasteiger partial charge is 0.489 e. The Morgan fingerprint density at radius 1 is 1.00 bits per heavy atom. The fourth-order valence-corrected chi connectivity index (χ4v) is 5.17. The molecule has 0 N–H and O–H groups in total. The van der Waals surface area contributed by atoms with Crippen LogP contribution in [-0.2, 0) is 12.7 Å². The van der Waals surface area contributed by atoms with Crippen LogP contribution in [0, 0.1) is 11.8 Å². The van der Waals surface area contributed by atoms with Crippen LogP contribution in [0.4, 0.5) is 13.2 Å². The third kappa shape index (κ3) is 5.84. The molecule has 2 fully saturated rings. The molecule has 4 atom stereocenters. The highest BCUT2D eigenvalue weighted by Crippen LogP contribution is 2.42. The number of hydrogen-bond donors (Lipinski definition) is 0. The van der Waals surface area contributed by atoms with E-state index in [4.69, 9.17) is 9.47 Å². The molecule has 33 heavy (non-hydrogen) atoms. The Kier molecular flexibility index (Phi) is 7.22. The van der Waals surface area contributed by atoms with Crippen molar-refractivity contribution in [3.8, 4) is 11.5 Å². The number of halogens is 3. The van der Waals surface area contributed by atoms with Crippen molar-refractivity contribution in [2.75, 3.05) is 6.61 Å². The molecule has 3 nitrogen and oxygen atoms in total. The number of ether oxygens (including phenoxy) is 2. The van der Waals surface area contributed by atoms with Gasteiger partial charge in [-0.05, 0) is 54.9 Å². The van der Waals surface area contributed by atoms with E-state index in [1.807, 2.05) is 19.9 Å². The molecule has 6 heteroatoms. The molecule has 180 valence electrons. The summed E-state index contributed by atoms with van der Waals surface area (Å²) in [5.41, 5.74) is 0.602. The van der Waals surface area contributed by atoms with E-state index in [9.17, 15) is 13.2 Å². The third-order valence-electron chi connectivity index (χ3n) is 6.89. The zero-order valence-corrected chi connectivity index (χ0v) is 19.6. The van der Waals surface area contributed by atoms with Gasteiger partial charge in [-0.25, -0.2) is 0 Å². The van der Waals surface area contributed by atoms with Gasteiger partial charge in [0.2, 0.25) is 0 Å². The van der Waals surface area contributed by atoms with E-state index in [1.54, 1.807) is 0 Å². The lowest BCUT2D eigenvalue weighted by atomic mass is 9.77. The topological polar surface area (TPSA) is 21.7 Å². The number of piperidine rings is 2. The molecule has 2 heterocycles. The Balaban J connectivity index is 1.51. The van der Waals surface area contributed by atoms with Crippen LogP contribution in [0.15, 0.2) is 48.5 Å². The third-order valence-corrected chi connectivity index (χ3v) is 6.89. The first kappa shape index (κ1) is 23.9. The monoisotopic (exact) mass is 461 g/mol. The van der Waals surface area contributed by atoms with Gasteiger partial charge in [0.15, 0.2) is 11.5 Å². The summed E-state index contributed by atoms with van der Waals surface area (Å²) in [4.78, 5) is 2.62. The van der Waals surface area contributed by atoms with E-state index in [1.165, 1.54) is 18.1 Å². The second-order valence-corrected chi connectivity index (χ2v) is 10.0. The van der Waals surface area contributed by atoms with Crippen LogP contribution in [0.2, 0.25) is 0 Å². The Labute approximate surface area is 194 Å². The van der Waals surface area contributed by atoms with Crippen LogP contribution in [0.1, 0.15) is 57.6 Å². The molecule has 2 aromatic rings. The molecule has 0 amide bonds. The average Bonchev–Trinajstić information content (AvgIpc) is 2.76. The molecular weight excluding hydrogens is 427 g/mol. The lowest BCUT2D eigenvalue weighted by Crippen LogP contribution is -2.56. The van der Waals surface area contributed by atoms with Crippen LogP contribution >= 0.6 is 0 Å². The van der Waals surface area contributed by atoms with Gasteiger partial charge in [-0.2, -0.15) is 13.2 Å². The Morgan fingerprint density at radius 2 is 1.76 bits per heavy atom. The predicted octanol–water partition coefficient (Wildman–Crippen LogP) is 6.95. The maximum atomic E-state index is 13.3. The van der Waals surface area contributed by atoms with Gasteiger partial charge in [0.05, 0.1) is 12.2 Å². The van der Waals surface area contributed by atoms with Gasteiger partial charge in [-0.3, -0.25) is 4.90 Å². The number of alkyl halides is 3. The van der Waals surface area contributed by atoms with Crippen molar-refractivity contribution in [3.63, 3.8) is 0 Å². The molecule has 0 spiro atoms. The zero-order valence-electron chi connectivity index (χ0n) is 19.6. The summed E-state index contributed by atoms with van der Waals surface area (Å²) >= 11 is 0. The molecule has 0 unspecified atom stereocenters. The van der Waals surface area contributed by atoms with E-state index in [2.05, 4.69) is 36.1 Å². The van der Waals surface area contributed by atoms with Crippen molar-refractivity contribution in [2.24, 2.45) is 11.8 Å². The molecule has 2 saturated heterocycles. The number of hydrogen-bond acceptors (Lipinski definition) is 3. The molecule has 2 bridgehead atoms. The first-order valence-corrected chi connectivity index (χ1v) is 12.0. The summed E-state index contributed by atoms with van der Waals surface area (Å²) in [6.07, 6.45) is -0.378. The zero-order chi connectivity index (χ0) is 23.6. The van der Waals surface area contributed by atoms with Gasteiger partial charge >= 0.3 is 6.18 Å². The maximum Gasteiger partial charge on any atom is 0.416 e. The van der Waals surface area contributed by atoms with E-state index in [0.717, 1.165) is 37.9 Å². The quantitative estimate of drug-likeness (QED) is 0.445. The summed E-state index contributed by atoms with van der Waals surface area (Å²) < 4.78 is 51.9. The van der Waals surface area contributed by atoms with Crippen molar-refractivity contribution in [1.82, 2.24) is 4.90 Å². The highest BCUT2D eigenvalue weighted by Gasteiger charge is 2.42. The Morgan fingerprint density at radius 3 is 2.45 bits per heavy atom. The van der Waals surface area contributed by atoms with Gasteiger partial charge in [0, 0.05) is 25.0 Å². The predicted molar refractivity (Wildman–Crippen MR) is 123 cm³/mol. The van der Waals surface area contributed by atoms with Crippen LogP contribution in [0.5, 0.6) is 11.5 Å². The minimum Gasteiger partial charge on any atom is -0.489 e. The molecule has 0 saturated carbocycles. The number of benzene rings is 2. The van der Waals surface area contributed by atoms with Crippen molar-refractivity contribution >= 4 is 0 Å². The lowest BCUT2D eigenvalue weighted by molar-refractivity contribution is -0.137. The average molecular weight is 462 g/mol. The summed E-state index contributed by atoms with van der Waals surface area (Å²) in [6, 6.07) is 14.9. The summed E-state index contributed by atoms with van der Waals surface area (Å²) in [5.74, 6) is 1.36. The SMILES string of the molecule is CC(C)COc1cc(C(F)(F)F)ccc1O[C@H]1C[C@H]2CC[C@H](C)[C@@H](C1)N2Cc1ccccc1. The minimum absolute atomic E-state index is 0.0343. The molecule has 2 aliphatic rings. The van der Waals surface area contributed by atoms with Crippen LogP contribution in [0.25, 0.3) is 0 Å². The van der Waals surface area contributed by atoms with E-state index in [-0.39, 0.29) is 17.8 Å². The summed E-state index contributed by atoms with van der Waals surface area (Å²) in [6.45, 7) is 7.51. The van der Waals surface area contributed by atoms with Crippen LogP contribution in [0.3, 0.4) is 0 Å². The van der Waals surface area contributed by atoms with E-state index < -0.39 is 11.7 Å². The van der Waals surface area contributed by atoms with Gasteiger partial charge in [0.25, 0.3) is 0 Å². The van der Waals surface area contributed by atoms with Crippen molar-refractivity contribution in [2.45, 2.75) is 77.4 Å². The Bertz CT molecular complexity index is 915. The molecule has 2 aliphatic heterocycles. The van der Waals surface area contributed by atoms with E-state index in [0.29, 0.717) is 30.4 Å². The first-order chi connectivity index (χ1) is 15.7. The lowest BCUT2D eigenvalue weighted by Gasteiger charge is -2.51. The first-order valence-electron chi connectivity index (χ1n) is 12.0. The van der Waals surface area contributed by atoms with Gasteiger partial charge < -0.3 is 9.47 Å². The minimum atomic E-state index is -4.41. The van der Waals surface area contributed by atoms with Crippen LogP contribution in [-0.4, -0.2) is 29.7 Å². The molecule has 0 aromatic heterocycles. The van der Waals surface area contributed by atoms with Gasteiger partial charge in [-0.1, -0.05) is 51.1 Å². The summed E-state index contributed by atoms with van der Waals surface area (Å²) in [5, 5.41) is 0. The normalized spacial score (nSPS) is 25.8. The fourth-order valence-electron chi connectivity index (χ4n) is 5.17. The standard InChI is InChI=1S/C27H34F3NO2/c1-18(2)17-32-26-13-21(27(28,29)30)10-12-25(26)33-23-14-22-11-9-19(3)24(15-23)31(22)16-20-7-5-4-6-8-20/h4-8,10,12-13,18-19,22-24H,9,11,14-17H2,1-3H3/t19-,22+,23-,24+/m0/s1. The molecule has 0 radical (unpaired) electrons. The molecule has 0 aliphatic carbocycles. The molecule has 4 rings (SSSR count). The smallest absolute Gasteiger partial charge is 0.416 e.